The number of unbranched alkanes of at least 4 members (excludes halogenated alkanes) is 4. The van der Waals surface area contributed by atoms with Gasteiger partial charge in [-0.3, -0.25) is 19.2 Å². The Labute approximate surface area is 303 Å². The predicted octanol–water partition coefficient (Wildman–Crippen LogP) is 7.15. The number of hydrogen-bond acceptors (Lipinski definition) is 8. The first-order valence-corrected chi connectivity index (χ1v) is 17.8. The van der Waals surface area contributed by atoms with Gasteiger partial charge in [-0.05, 0) is 47.2 Å². The van der Waals surface area contributed by atoms with E-state index in [-0.39, 0.29) is 17.7 Å². The minimum absolute atomic E-state index is 0.110. The first-order chi connectivity index (χ1) is 24.3. The van der Waals surface area contributed by atoms with E-state index in [4.69, 9.17) is 19.7 Å². The summed E-state index contributed by atoms with van der Waals surface area (Å²) >= 11 is 1.37. The number of aromatic nitrogens is 2. The lowest BCUT2D eigenvalue weighted by Gasteiger charge is -2.18. The Balaban J connectivity index is 0.00000166. The van der Waals surface area contributed by atoms with Crippen molar-refractivity contribution in [2.24, 2.45) is 0 Å². The molecule has 2 aromatic carbocycles. The van der Waals surface area contributed by atoms with Gasteiger partial charge in [0.15, 0.2) is 5.82 Å². The van der Waals surface area contributed by atoms with Gasteiger partial charge in [0.05, 0.1) is 11.5 Å². The molecule has 2 aromatic heterocycles. The van der Waals surface area contributed by atoms with Crippen molar-refractivity contribution in [1.29, 1.82) is 0 Å². The highest BCUT2D eigenvalue weighted by Crippen LogP contribution is 2.29. The molecule has 272 valence electrons. The number of nitrogens with zero attached hydrogens (tertiary/aromatic N) is 2. The van der Waals surface area contributed by atoms with E-state index in [0.29, 0.717) is 10.7 Å². The van der Waals surface area contributed by atoms with Crippen LogP contribution in [0, 0.1) is 0 Å². The second-order valence-corrected chi connectivity index (χ2v) is 14.1. The lowest BCUT2D eigenvalue weighted by molar-refractivity contribution is -0.138. The van der Waals surface area contributed by atoms with Crippen molar-refractivity contribution in [1.82, 2.24) is 20.6 Å². The Morgan fingerprint density at radius 3 is 2.00 bits per heavy atom. The molecule has 12 heteroatoms. The fraction of sp³-hybridized carbons (Fsp3) is 0.385. The number of carboxylic acids is 2. The van der Waals surface area contributed by atoms with E-state index in [2.05, 4.69) is 48.3 Å². The van der Waals surface area contributed by atoms with Gasteiger partial charge >= 0.3 is 5.97 Å². The normalized spacial score (nSPS) is 11.5. The summed E-state index contributed by atoms with van der Waals surface area (Å²) in [5.74, 6) is -1.55. The monoisotopic (exact) mass is 716 g/mol. The minimum atomic E-state index is -1.17. The van der Waals surface area contributed by atoms with Crippen LogP contribution >= 0.6 is 11.3 Å². The van der Waals surface area contributed by atoms with E-state index >= 15 is 0 Å². The lowest BCUT2D eigenvalue weighted by Crippen LogP contribution is -2.49. The second-order valence-electron chi connectivity index (χ2n) is 13.1. The molecule has 0 bridgehead atoms. The summed E-state index contributed by atoms with van der Waals surface area (Å²) in [6, 6.07) is 18.1. The molecule has 1 atom stereocenters. The summed E-state index contributed by atoms with van der Waals surface area (Å²) in [7, 11) is 0. The molecular weight excluding hydrogens is 669 g/mol. The fourth-order valence-corrected chi connectivity index (χ4v) is 5.85. The first kappa shape index (κ1) is 40.3. The smallest absolute Gasteiger partial charge is 0.322 e. The van der Waals surface area contributed by atoms with Gasteiger partial charge in [-0.1, -0.05) is 89.8 Å². The number of aliphatic carboxylic acids is 2. The van der Waals surface area contributed by atoms with Crippen molar-refractivity contribution in [3.8, 4) is 28.3 Å². The number of benzene rings is 2. The quantitative estimate of drug-likeness (QED) is 0.0880. The molecule has 0 aliphatic rings. The van der Waals surface area contributed by atoms with E-state index in [9.17, 15) is 14.4 Å². The third-order valence-electron chi connectivity index (χ3n) is 7.61. The number of carbonyl (C=O) groups excluding carboxylic acids is 2. The largest absolute Gasteiger partial charge is 0.494 e. The number of carbonyl (C=O) groups is 4. The van der Waals surface area contributed by atoms with Crippen molar-refractivity contribution in [2.75, 3.05) is 13.2 Å². The maximum Gasteiger partial charge on any atom is 0.322 e. The van der Waals surface area contributed by atoms with Gasteiger partial charge in [-0.15, -0.1) is 11.3 Å². The third-order valence-corrected chi connectivity index (χ3v) is 9.12. The van der Waals surface area contributed by atoms with Crippen LogP contribution in [-0.2, 0) is 26.2 Å². The number of rotatable bonds is 16. The standard InChI is InChI=1S/C37H44N4O5S.C2H4O2/c1-5-6-7-8-9-20-46-29-16-14-26(15-17-29)28-22-38-34(39-23-28)27-12-10-25(11-13-27)21-30(35(44)40-24-33(42)43)41-36(45)31-18-19-32(47-31)37(2,3)4;1-2(3)4/h10-19,22-23,30H,5-9,20-21,24H2,1-4H3,(H,40,44)(H,41,45)(H,42,43);1H3,(H,3,4). The zero-order chi connectivity index (χ0) is 37.4. The van der Waals surface area contributed by atoms with Gasteiger partial charge in [-0.2, -0.15) is 0 Å². The van der Waals surface area contributed by atoms with E-state index in [1.165, 1.54) is 37.0 Å². The molecule has 0 aliphatic carbocycles. The Bertz CT molecular complexity index is 1710. The summed E-state index contributed by atoms with van der Waals surface area (Å²) in [6.07, 6.45) is 9.76. The molecule has 0 spiro atoms. The van der Waals surface area contributed by atoms with Crippen LogP contribution < -0.4 is 15.4 Å². The van der Waals surface area contributed by atoms with Crippen LogP contribution in [0.4, 0.5) is 0 Å². The van der Waals surface area contributed by atoms with Gasteiger partial charge in [0, 0.05) is 41.7 Å². The van der Waals surface area contributed by atoms with E-state index in [1.807, 2.05) is 54.6 Å². The molecule has 0 aliphatic heterocycles. The molecule has 0 fully saturated rings. The van der Waals surface area contributed by atoms with E-state index < -0.39 is 30.4 Å². The number of thiophene rings is 1. The average molecular weight is 717 g/mol. The lowest BCUT2D eigenvalue weighted by atomic mass is 9.95. The molecule has 4 N–H and O–H groups in total. The van der Waals surface area contributed by atoms with Gasteiger partial charge in [-0.25, -0.2) is 9.97 Å². The van der Waals surface area contributed by atoms with Crippen molar-refractivity contribution >= 4 is 35.1 Å². The van der Waals surface area contributed by atoms with E-state index in [0.717, 1.165) is 52.8 Å². The molecule has 2 amide bonds. The van der Waals surface area contributed by atoms with Crippen LogP contribution in [-0.4, -0.2) is 63.1 Å². The van der Waals surface area contributed by atoms with Crippen LogP contribution in [0.5, 0.6) is 5.75 Å². The minimum Gasteiger partial charge on any atom is -0.494 e. The molecule has 4 aromatic rings. The maximum atomic E-state index is 13.1. The number of hydrogen-bond donors (Lipinski definition) is 4. The Kier molecular flexibility index (Phi) is 15.8. The van der Waals surface area contributed by atoms with Gasteiger partial charge in [0.1, 0.15) is 18.3 Å². The highest BCUT2D eigenvalue weighted by molar-refractivity contribution is 7.14. The molecule has 0 saturated carbocycles. The third kappa shape index (κ3) is 14.0. The molecule has 11 nitrogen and oxygen atoms in total. The Morgan fingerprint density at radius 2 is 1.43 bits per heavy atom. The number of amides is 2. The topological polar surface area (TPSA) is 168 Å². The van der Waals surface area contributed by atoms with Crippen molar-refractivity contribution in [3.63, 3.8) is 0 Å². The van der Waals surface area contributed by atoms with Crippen molar-refractivity contribution < 1.29 is 34.1 Å². The Hall–Kier alpha value is -5.10. The van der Waals surface area contributed by atoms with Crippen molar-refractivity contribution in [2.45, 2.75) is 84.6 Å². The van der Waals surface area contributed by atoms with E-state index in [1.54, 1.807) is 18.5 Å². The number of nitrogens with one attached hydrogen (secondary N) is 2. The van der Waals surface area contributed by atoms with Crippen LogP contribution in [0.3, 0.4) is 0 Å². The summed E-state index contributed by atoms with van der Waals surface area (Å²) in [6.45, 7) is 9.68. The van der Waals surface area contributed by atoms with Crippen molar-refractivity contribution in [3.05, 3.63) is 88.4 Å². The van der Waals surface area contributed by atoms with Crippen LogP contribution in [0.25, 0.3) is 22.5 Å². The molecule has 2 heterocycles. The molecule has 51 heavy (non-hydrogen) atoms. The zero-order valence-electron chi connectivity index (χ0n) is 29.9. The number of ether oxygens (including phenoxy) is 1. The fourth-order valence-electron chi connectivity index (χ4n) is 4.88. The van der Waals surface area contributed by atoms with Crippen LogP contribution in [0.15, 0.2) is 73.1 Å². The highest BCUT2D eigenvalue weighted by atomic mass is 32.1. The van der Waals surface area contributed by atoms with Gasteiger partial charge in [0.2, 0.25) is 5.91 Å². The SMILES string of the molecule is CC(=O)O.CCCCCCCOc1ccc(-c2cnc(-c3ccc(CC(NC(=O)c4ccc(C(C)(C)C)s4)C(=O)NCC(=O)O)cc3)nc2)cc1. The maximum absolute atomic E-state index is 13.1. The highest BCUT2D eigenvalue weighted by Gasteiger charge is 2.25. The molecular formula is C39H48N4O7S. The Morgan fingerprint density at radius 1 is 0.824 bits per heavy atom. The zero-order valence-corrected chi connectivity index (χ0v) is 30.7. The number of carboxylic acid groups (broad SMARTS) is 2. The van der Waals surface area contributed by atoms with Gasteiger partial charge < -0.3 is 25.6 Å². The van der Waals surface area contributed by atoms with Gasteiger partial charge in [0.25, 0.3) is 11.9 Å². The second kappa shape index (κ2) is 19.9. The summed E-state index contributed by atoms with van der Waals surface area (Å²) in [5, 5.41) is 21.6. The van der Waals surface area contributed by atoms with Crippen LogP contribution in [0.2, 0.25) is 0 Å². The molecule has 0 saturated heterocycles. The molecule has 4 rings (SSSR count). The first-order valence-electron chi connectivity index (χ1n) is 17.0. The summed E-state index contributed by atoms with van der Waals surface area (Å²) < 4.78 is 5.88. The molecule has 0 radical (unpaired) electrons. The van der Waals surface area contributed by atoms with Crippen LogP contribution in [0.1, 0.15) is 86.8 Å². The molecule has 1 unspecified atom stereocenters. The summed E-state index contributed by atoms with van der Waals surface area (Å²) in [4.78, 5) is 56.7. The average Bonchev–Trinajstić information content (AvgIpc) is 3.61. The predicted molar refractivity (Wildman–Crippen MR) is 199 cm³/mol. The summed E-state index contributed by atoms with van der Waals surface area (Å²) in [5.41, 5.74) is 3.36.